The second-order valence-electron chi connectivity index (χ2n) is 10.5. The van der Waals surface area contributed by atoms with Crippen molar-refractivity contribution >= 4 is 34.9 Å². The maximum Gasteiger partial charge on any atom is 0.410 e. The molecule has 5 rings (SSSR count). The molecule has 1 aromatic carbocycles. The number of amides is 1. The molecule has 2 N–H and O–H groups in total. The largest absolute Gasteiger partial charge is 0.447 e. The summed E-state index contributed by atoms with van der Waals surface area (Å²) < 4.78 is 19.8. The topological polar surface area (TPSA) is 80.1 Å². The lowest BCUT2D eigenvalue weighted by atomic mass is 10.1. The van der Waals surface area contributed by atoms with Gasteiger partial charge in [0.25, 0.3) is 0 Å². The molecule has 1 aliphatic carbocycles. The third-order valence-electron chi connectivity index (χ3n) is 7.06. The number of nitrogens with zero attached hydrogens (tertiary/aromatic N) is 3. The summed E-state index contributed by atoms with van der Waals surface area (Å²) in [6.07, 6.45) is 7.27. The molecule has 3 heterocycles. The number of thioether (sulfide) groups is 1. The molecule has 0 atom stereocenters. The van der Waals surface area contributed by atoms with Gasteiger partial charge in [-0.3, -0.25) is 0 Å². The highest BCUT2D eigenvalue weighted by Crippen LogP contribution is 2.45. The van der Waals surface area contributed by atoms with E-state index in [-0.39, 0.29) is 24.1 Å². The van der Waals surface area contributed by atoms with Gasteiger partial charge in [-0.2, -0.15) is 0 Å². The SMILES string of the molecule is CC(C)OC(=O)N1CCC(O)CC1.N=C1CCN(c2cc(N3CCCC3)c(SC3CC3)cc2F)CC1. The van der Waals surface area contributed by atoms with Gasteiger partial charge in [0.1, 0.15) is 5.82 Å². The summed E-state index contributed by atoms with van der Waals surface area (Å²) in [5.41, 5.74) is 2.76. The third kappa shape index (κ3) is 7.51. The third-order valence-corrected chi connectivity index (χ3v) is 8.45. The van der Waals surface area contributed by atoms with Crippen LogP contribution in [0.1, 0.15) is 65.2 Å². The highest BCUT2D eigenvalue weighted by molar-refractivity contribution is 8.00. The van der Waals surface area contributed by atoms with E-state index in [1.54, 1.807) is 11.0 Å². The molecule has 7 nitrogen and oxygen atoms in total. The molecule has 0 aromatic heterocycles. The Kier molecular flexibility index (Phi) is 9.39. The van der Waals surface area contributed by atoms with Gasteiger partial charge in [-0.05, 0) is 64.5 Å². The molecule has 36 heavy (non-hydrogen) atoms. The molecule has 1 saturated carbocycles. The second kappa shape index (κ2) is 12.5. The summed E-state index contributed by atoms with van der Waals surface area (Å²) in [5.74, 6) is -0.0930. The summed E-state index contributed by atoms with van der Waals surface area (Å²) in [4.78, 5) is 18.7. The Bertz CT molecular complexity index is 903. The van der Waals surface area contributed by atoms with Gasteiger partial charge in [-0.1, -0.05) is 0 Å². The number of carbonyl (C=O) groups excluding carboxylic acids is 1. The smallest absolute Gasteiger partial charge is 0.410 e. The molecule has 200 valence electrons. The summed E-state index contributed by atoms with van der Waals surface area (Å²) in [5, 5.41) is 17.7. The maximum absolute atomic E-state index is 14.7. The van der Waals surface area contributed by atoms with Crippen LogP contribution in [0.2, 0.25) is 0 Å². The Morgan fingerprint density at radius 2 is 1.61 bits per heavy atom. The number of rotatable bonds is 5. The number of anilines is 2. The molecule has 3 saturated heterocycles. The van der Waals surface area contributed by atoms with E-state index in [4.69, 9.17) is 10.1 Å². The van der Waals surface area contributed by atoms with E-state index in [0.29, 0.717) is 31.2 Å². The number of aliphatic hydroxyl groups excluding tert-OH is 1. The Balaban J connectivity index is 0.000000200. The summed E-state index contributed by atoms with van der Waals surface area (Å²) in [6, 6.07) is 3.85. The van der Waals surface area contributed by atoms with Crippen molar-refractivity contribution in [1.82, 2.24) is 4.90 Å². The minimum Gasteiger partial charge on any atom is -0.447 e. The number of ether oxygens (including phenoxy) is 1. The van der Waals surface area contributed by atoms with Crippen molar-refractivity contribution in [3.05, 3.63) is 17.9 Å². The predicted molar refractivity (Wildman–Crippen MR) is 144 cm³/mol. The van der Waals surface area contributed by atoms with Gasteiger partial charge in [-0.15, -0.1) is 11.8 Å². The number of halogens is 1. The molecule has 1 amide bonds. The van der Waals surface area contributed by atoms with E-state index < -0.39 is 0 Å². The molecule has 0 spiro atoms. The molecule has 4 aliphatic rings. The fraction of sp³-hybridized carbons (Fsp3) is 0.704. The van der Waals surface area contributed by atoms with E-state index in [1.807, 2.05) is 25.6 Å². The van der Waals surface area contributed by atoms with Crippen LogP contribution in [-0.4, -0.2) is 78.5 Å². The van der Waals surface area contributed by atoms with Crippen LogP contribution >= 0.6 is 11.8 Å². The van der Waals surface area contributed by atoms with Crippen molar-refractivity contribution in [2.24, 2.45) is 0 Å². The van der Waals surface area contributed by atoms with Gasteiger partial charge in [-0.25, -0.2) is 9.18 Å². The van der Waals surface area contributed by atoms with Crippen LogP contribution < -0.4 is 9.80 Å². The van der Waals surface area contributed by atoms with Gasteiger partial charge < -0.3 is 30.0 Å². The van der Waals surface area contributed by atoms with E-state index in [1.165, 1.54) is 31.4 Å². The molecular weight excluding hydrogens is 479 g/mol. The number of hydrogen-bond acceptors (Lipinski definition) is 7. The van der Waals surface area contributed by atoms with Gasteiger partial charge in [0.2, 0.25) is 0 Å². The molecule has 1 aromatic rings. The zero-order valence-corrected chi connectivity index (χ0v) is 22.5. The normalized spacial score (nSPS) is 21.0. The van der Waals surface area contributed by atoms with Crippen molar-refractivity contribution in [1.29, 1.82) is 5.41 Å². The lowest BCUT2D eigenvalue weighted by molar-refractivity contribution is 0.0457. The first-order chi connectivity index (χ1) is 17.3. The van der Waals surface area contributed by atoms with Crippen LogP contribution in [-0.2, 0) is 4.74 Å². The highest BCUT2D eigenvalue weighted by atomic mass is 32.2. The summed E-state index contributed by atoms with van der Waals surface area (Å²) in [6.45, 7) is 8.59. The Morgan fingerprint density at radius 3 is 2.19 bits per heavy atom. The number of carbonyl (C=O) groups is 1. The van der Waals surface area contributed by atoms with E-state index >= 15 is 0 Å². The summed E-state index contributed by atoms with van der Waals surface area (Å²) >= 11 is 1.86. The molecule has 0 unspecified atom stereocenters. The molecule has 0 radical (unpaired) electrons. The van der Waals surface area contributed by atoms with Crippen LogP contribution in [0, 0.1) is 11.2 Å². The first kappa shape index (κ1) is 27.0. The van der Waals surface area contributed by atoms with Crippen LogP contribution in [0.4, 0.5) is 20.6 Å². The quantitative estimate of drug-likeness (QED) is 0.549. The monoisotopic (exact) mass is 520 g/mol. The predicted octanol–water partition coefficient (Wildman–Crippen LogP) is 5.29. The van der Waals surface area contributed by atoms with Crippen LogP contribution in [0.3, 0.4) is 0 Å². The van der Waals surface area contributed by atoms with Gasteiger partial charge >= 0.3 is 6.09 Å². The van der Waals surface area contributed by atoms with Crippen LogP contribution in [0.25, 0.3) is 0 Å². The lowest BCUT2D eigenvalue weighted by Gasteiger charge is -2.31. The van der Waals surface area contributed by atoms with Gasteiger partial charge in [0, 0.05) is 68.0 Å². The first-order valence-corrected chi connectivity index (χ1v) is 14.4. The fourth-order valence-corrected chi connectivity index (χ4v) is 5.99. The molecular formula is C27H41FN4O3S. The minimum absolute atomic E-state index is 0.0700. The van der Waals surface area contributed by atoms with E-state index in [2.05, 4.69) is 15.9 Å². The second-order valence-corrected chi connectivity index (χ2v) is 11.9. The van der Waals surface area contributed by atoms with Crippen LogP contribution in [0.15, 0.2) is 17.0 Å². The maximum atomic E-state index is 14.7. The Hall–Kier alpha value is -2.00. The number of piperidine rings is 2. The van der Waals surface area contributed by atoms with Crippen molar-refractivity contribution in [3.8, 4) is 0 Å². The zero-order valence-electron chi connectivity index (χ0n) is 21.7. The number of nitrogens with one attached hydrogen (secondary N) is 1. The highest BCUT2D eigenvalue weighted by Gasteiger charge is 2.28. The van der Waals surface area contributed by atoms with E-state index in [9.17, 15) is 14.3 Å². The molecule has 4 fully saturated rings. The molecule has 0 bridgehead atoms. The standard InChI is InChI=1S/C18H24FN3S.C9H17NO3/c19-15-11-18(23-14-3-4-14)17(21-7-1-2-8-21)12-16(15)22-9-5-13(20)6-10-22;1-7(2)13-9(12)10-5-3-8(11)4-6-10/h11-12,14,20H,1-10H2;7-8,11H,3-6H2,1-2H3. The summed E-state index contributed by atoms with van der Waals surface area (Å²) in [7, 11) is 0. The zero-order chi connectivity index (χ0) is 25.7. The first-order valence-electron chi connectivity index (χ1n) is 13.5. The average molecular weight is 521 g/mol. The number of likely N-dealkylation sites (tertiary alicyclic amines) is 1. The Labute approximate surface area is 218 Å². The fourth-order valence-electron chi connectivity index (χ4n) is 4.78. The van der Waals surface area contributed by atoms with Gasteiger partial charge in [0.15, 0.2) is 0 Å². The lowest BCUT2D eigenvalue weighted by Crippen LogP contribution is -2.41. The number of hydrogen-bond donors (Lipinski definition) is 2. The van der Waals surface area contributed by atoms with Gasteiger partial charge in [0.05, 0.1) is 23.6 Å². The van der Waals surface area contributed by atoms with Crippen molar-refractivity contribution in [2.45, 2.75) is 87.6 Å². The van der Waals surface area contributed by atoms with E-state index in [0.717, 1.165) is 55.3 Å². The Morgan fingerprint density at radius 1 is 1.00 bits per heavy atom. The number of aliphatic hydroxyl groups is 1. The van der Waals surface area contributed by atoms with Crippen molar-refractivity contribution < 1.29 is 19.0 Å². The molecule has 9 heteroatoms. The van der Waals surface area contributed by atoms with Crippen LogP contribution in [0.5, 0.6) is 0 Å². The van der Waals surface area contributed by atoms with Crippen molar-refractivity contribution in [3.63, 3.8) is 0 Å². The number of benzene rings is 1. The average Bonchev–Trinajstić information content (AvgIpc) is 3.49. The minimum atomic E-state index is -0.262. The van der Waals surface area contributed by atoms with Crippen molar-refractivity contribution in [2.75, 3.05) is 49.1 Å². The molecule has 3 aliphatic heterocycles.